The summed E-state index contributed by atoms with van der Waals surface area (Å²) in [6.07, 6.45) is 12.9. The molecule has 6 nitrogen and oxygen atoms in total. The van der Waals surface area contributed by atoms with Gasteiger partial charge in [-0.25, -0.2) is 0 Å². The van der Waals surface area contributed by atoms with Gasteiger partial charge < -0.3 is 15.0 Å². The van der Waals surface area contributed by atoms with Gasteiger partial charge in [-0.2, -0.15) is 5.10 Å². The maximum absolute atomic E-state index is 6.00. The van der Waals surface area contributed by atoms with Crippen LogP contribution in [0.25, 0.3) is 0 Å². The van der Waals surface area contributed by atoms with Gasteiger partial charge in [0.2, 0.25) is 0 Å². The van der Waals surface area contributed by atoms with Crippen molar-refractivity contribution in [1.29, 1.82) is 0 Å². The first kappa shape index (κ1) is 20.4. The number of rotatable bonds is 3. The number of nitrogens with zero attached hydrogens (tertiary/aromatic N) is 4. The van der Waals surface area contributed by atoms with Crippen LogP contribution in [0.15, 0.2) is 17.4 Å². The molecule has 7 heteroatoms. The van der Waals surface area contributed by atoms with Crippen LogP contribution in [0.1, 0.15) is 50.2 Å². The number of ether oxygens (including phenoxy) is 1. The molecule has 28 heavy (non-hydrogen) atoms. The minimum atomic E-state index is 0. The Kier molecular flexibility index (Phi) is 5.93. The summed E-state index contributed by atoms with van der Waals surface area (Å²) >= 11 is 0. The highest BCUT2D eigenvalue weighted by molar-refractivity contribution is 14.0. The molecule has 1 N–H and O–H groups in total. The van der Waals surface area contributed by atoms with Crippen molar-refractivity contribution in [1.82, 2.24) is 20.0 Å². The maximum Gasteiger partial charge on any atom is 0.193 e. The third-order valence-corrected chi connectivity index (χ3v) is 7.46. The predicted molar refractivity (Wildman–Crippen MR) is 121 cm³/mol. The third kappa shape index (κ3) is 3.93. The molecule has 0 radical (unpaired) electrons. The Morgan fingerprint density at radius 3 is 2.50 bits per heavy atom. The zero-order valence-corrected chi connectivity index (χ0v) is 19.5. The van der Waals surface area contributed by atoms with E-state index in [1.807, 2.05) is 25.0 Å². The Labute approximate surface area is 185 Å². The van der Waals surface area contributed by atoms with Crippen LogP contribution in [-0.2, 0) is 11.8 Å². The Hall–Kier alpha value is -0.830. The summed E-state index contributed by atoms with van der Waals surface area (Å²) in [6, 6.07) is 0. The molecule has 1 aromatic heterocycles. The molecular formula is C21H34IN5O. The van der Waals surface area contributed by atoms with Crippen LogP contribution < -0.4 is 5.32 Å². The smallest absolute Gasteiger partial charge is 0.193 e. The highest BCUT2D eigenvalue weighted by Crippen LogP contribution is 2.59. The van der Waals surface area contributed by atoms with Gasteiger partial charge in [0.1, 0.15) is 6.10 Å². The SMILES string of the molecule is CN=C(NCC12CC3CC(CC(C3)C1)C2)N1CCOC(c2cnn(C)c2)C1.I. The summed E-state index contributed by atoms with van der Waals surface area (Å²) in [4.78, 5) is 6.98. The Bertz CT molecular complexity index is 682. The largest absolute Gasteiger partial charge is 0.370 e. The normalized spacial score (nSPS) is 37.1. The van der Waals surface area contributed by atoms with Crippen molar-refractivity contribution in [3.8, 4) is 0 Å². The summed E-state index contributed by atoms with van der Waals surface area (Å²) in [5, 5.41) is 8.07. The Morgan fingerprint density at radius 1 is 1.25 bits per heavy atom. The fourth-order valence-electron chi connectivity index (χ4n) is 6.76. The second-order valence-electron chi connectivity index (χ2n) is 9.57. The van der Waals surface area contributed by atoms with Crippen molar-refractivity contribution >= 4 is 29.9 Å². The topological polar surface area (TPSA) is 54.7 Å². The van der Waals surface area contributed by atoms with Crippen molar-refractivity contribution < 1.29 is 4.74 Å². The van der Waals surface area contributed by atoms with Crippen molar-refractivity contribution in [2.45, 2.75) is 44.6 Å². The second kappa shape index (κ2) is 8.13. The van der Waals surface area contributed by atoms with E-state index in [1.54, 1.807) is 0 Å². The number of hydrogen-bond acceptors (Lipinski definition) is 3. The van der Waals surface area contributed by atoms with Gasteiger partial charge in [-0.3, -0.25) is 9.67 Å². The van der Waals surface area contributed by atoms with Gasteiger partial charge in [-0.15, -0.1) is 24.0 Å². The van der Waals surface area contributed by atoms with E-state index in [1.165, 1.54) is 38.5 Å². The summed E-state index contributed by atoms with van der Waals surface area (Å²) in [5.41, 5.74) is 1.68. The molecule has 4 bridgehead atoms. The number of aliphatic imine (C=N–C) groups is 1. The third-order valence-electron chi connectivity index (χ3n) is 7.46. The monoisotopic (exact) mass is 499 g/mol. The van der Waals surface area contributed by atoms with Crippen molar-refractivity contribution in [3.05, 3.63) is 18.0 Å². The van der Waals surface area contributed by atoms with Crippen LogP contribution >= 0.6 is 24.0 Å². The van der Waals surface area contributed by atoms with Crippen LogP contribution in [0, 0.1) is 23.2 Å². The van der Waals surface area contributed by atoms with Gasteiger partial charge in [-0.05, 0) is 61.7 Å². The lowest BCUT2D eigenvalue weighted by molar-refractivity contribution is -0.0500. The lowest BCUT2D eigenvalue weighted by Crippen LogP contribution is -2.54. The van der Waals surface area contributed by atoms with E-state index in [4.69, 9.17) is 4.74 Å². The van der Waals surface area contributed by atoms with Crippen LogP contribution in [0.4, 0.5) is 0 Å². The van der Waals surface area contributed by atoms with E-state index >= 15 is 0 Å². The Morgan fingerprint density at radius 2 is 1.93 bits per heavy atom. The van der Waals surface area contributed by atoms with Crippen molar-refractivity contribution in [3.63, 3.8) is 0 Å². The lowest BCUT2D eigenvalue weighted by Gasteiger charge is -2.57. The molecule has 1 aliphatic heterocycles. The molecule has 6 rings (SSSR count). The quantitative estimate of drug-likeness (QED) is 0.395. The number of nitrogens with one attached hydrogen (secondary N) is 1. The minimum Gasteiger partial charge on any atom is -0.370 e. The number of guanidine groups is 1. The van der Waals surface area contributed by atoms with Gasteiger partial charge >= 0.3 is 0 Å². The van der Waals surface area contributed by atoms with Crippen LogP contribution in [0.5, 0.6) is 0 Å². The van der Waals surface area contributed by atoms with E-state index in [-0.39, 0.29) is 30.1 Å². The number of hydrogen-bond donors (Lipinski definition) is 1. The summed E-state index contributed by atoms with van der Waals surface area (Å²) < 4.78 is 7.85. The molecule has 1 saturated heterocycles. The summed E-state index contributed by atoms with van der Waals surface area (Å²) in [6.45, 7) is 3.57. The van der Waals surface area contributed by atoms with E-state index < -0.39 is 0 Å². The number of morpholine rings is 1. The lowest BCUT2D eigenvalue weighted by atomic mass is 9.49. The fourth-order valence-corrected chi connectivity index (χ4v) is 6.76. The zero-order chi connectivity index (χ0) is 18.4. The standard InChI is InChI=1S/C21H33N5O.HI/c1-22-20(26-3-4-27-19(13-26)18-11-24-25(2)12-18)23-14-21-8-15-5-16(9-21)7-17(6-15)10-21;/h11-12,15-17,19H,3-10,13-14H2,1-2H3,(H,22,23);1H. The molecule has 2 heterocycles. The molecule has 1 unspecified atom stereocenters. The van der Waals surface area contributed by atoms with Crippen LogP contribution in [0.2, 0.25) is 0 Å². The van der Waals surface area contributed by atoms with Crippen LogP contribution in [0.3, 0.4) is 0 Å². The van der Waals surface area contributed by atoms with E-state index in [0.29, 0.717) is 5.41 Å². The van der Waals surface area contributed by atoms with E-state index in [2.05, 4.69) is 26.5 Å². The first-order valence-corrected chi connectivity index (χ1v) is 10.7. The first-order valence-electron chi connectivity index (χ1n) is 10.7. The molecule has 5 fully saturated rings. The van der Waals surface area contributed by atoms with Gasteiger partial charge in [-0.1, -0.05) is 0 Å². The van der Waals surface area contributed by atoms with E-state index in [0.717, 1.165) is 55.5 Å². The highest BCUT2D eigenvalue weighted by Gasteiger charge is 2.50. The number of halogens is 1. The van der Waals surface area contributed by atoms with Crippen LogP contribution in [-0.4, -0.2) is 53.9 Å². The molecule has 0 amide bonds. The molecule has 0 aromatic carbocycles. The van der Waals surface area contributed by atoms with Gasteiger partial charge in [0, 0.05) is 38.9 Å². The summed E-state index contributed by atoms with van der Waals surface area (Å²) in [5.74, 6) is 4.04. The first-order chi connectivity index (χ1) is 13.1. The zero-order valence-electron chi connectivity index (χ0n) is 17.1. The molecular weight excluding hydrogens is 465 g/mol. The predicted octanol–water partition coefficient (Wildman–Crippen LogP) is 3.20. The van der Waals surface area contributed by atoms with Crippen molar-refractivity contribution in [2.75, 3.05) is 33.3 Å². The Balaban J connectivity index is 0.00000192. The molecule has 0 spiro atoms. The number of aryl methyl sites for hydroxylation is 1. The molecule has 1 aromatic rings. The second-order valence-corrected chi connectivity index (χ2v) is 9.57. The molecule has 1 atom stereocenters. The molecule has 4 saturated carbocycles. The molecule has 5 aliphatic rings. The minimum absolute atomic E-state index is 0. The van der Waals surface area contributed by atoms with Crippen molar-refractivity contribution in [2.24, 2.45) is 35.2 Å². The average molecular weight is 499 g/mol. The molecule has 156 valence electrons. The number of aromatic nitrogens is 2. The fraction of sp³-hybridized carbons (Fsp3) is 0.810. The molecule has 4 aliphatic carbocycles. The van der Waals surface area contributed by atoms with E-state index in [9.17, 15) is 0 Å². The van der Waals surface area contributed by atoms with Gasteiger partial charge in [0.25, 0.3) is 0 Å². The highest BCUT2D eigenvalue weighted by atomic mass is 127. The van der Waals surface area contributed by atoms with Gasteiger partial charge in [0.05, 0.1) is 19.3 Å². The maximum atomic E-state index is 6.00. The average Bonchev–Trinajstić information content (AvgIpc) is 3.08. The van der Waals surface area contributed by atoms with Gasteiger partial charge in [0.15, 0.2) is 5.96 Å². The summed E-state index contributed by atoms with van der Waals surface area (Å²) in [7, 11) is 3.87.